The Morgan fingerprint density at radius 1 is 1.19 bits per heavy atom. The molecule has 0 aliphatic rings. The third-order valence-electron chi connectivity index (χ3n) is 3.18. The molecule has 106 valence electrons. The van der Waals surface area contributed by atoms with E-state index in [4.69, 9.17) is 5.73 Å². The molecule has 3 N–H and O–H groups in total. The van der Waals surface area contributed by atoms with Crippen molar-refractivity contribution in [2.45, 2.75) is 6.92 Å². The molecule has 0 aliphatic carbocycles. The van der Waals surface area contributed by atoms with Crippen LogP contribution in [0.4, 0.5) is 21.6 Å². The Kier molecular flexibility index (Phi) is 3.47. The van der Waals surface area contributed by atoms with Crippen molar-refractivity contribution in [3.05, 3.63) is 52.5 Å². The predicted octanol–water partition coefficient (Wildman–Crippen LogP) is 4.17. The van der Waals surface area contributed by atoms with Crippen LogP contribution in [0.2, 0.25) is 0 Å². The highest BCUT2D eigenvalue weighted by Gasteiger charge is 2.09. The van der Waals surface area contributed by atoms with Crippen molar-refractivity contribution in [2.75, 3.05) is 11.1 Å². The number of nitrogens with one attached hydrogen (secondary N) is 1. The summed E-state index contributed by atoms with van der Waals surface area (Å²) in [7, 11) is 0. The summed E-state index contributed by atoms with van der Waals surface area (Å²) in [5.41, 5.74) is 8.76. The fraction of sp³-hybridized carbons (Fsp3) is 0.0667. The number of nitrogens with two attached hydrogens (primary N) is 1. The molecule has 3 rings (SSSR count). The van der Waals surface area contributed by atoms with Crippen molar-refractivity contribution in [1.82, 2.24) is 9.97 Å². The van der Waals surface area contributed by atoms with Crippen LogP contribution in [0.3, 0.4) is 0 Å². The van der Waals surface area contributed by atoms with Crippen LogP contribution in [-0.4, -0.2) is 9.97 Å². The summed E-state index contributed by atoms with van der Waals surface area (Å²) in [6.07, 6.45) is 1.46. The van der Waals surface area contributed by atoms with Gasteiger partial charge in [0.25, 0.3) is 0 Å². The monoisotopic (exact) mass is 346 g/mol. The maximum absolute atomic E-state index is 13.7. The Morgan fingerprint density at radius 3 is 2.81 bits per heavy atom. The van der Waals surface area contributed by atoms with Crippen LogP contribution in [0.15, 0.2) is 41.1 Å². The van der Waals surface area contributed by atoms with Crippen molar-refractivity contribution >= 4 is 44.0 Å². The van der Waals surface area contributed by atoms with Gasteiger partial charge in [0.1, 0.15) is 18.0 Å². The van der Waals surface area contributed by atoms with Gasteiger partial charge in [-0.2, -0.15) is 0 Å². The standard InChI is InChI=1S/C15H12BrFN4/c1-8-4-11(16)12(17)6-14(8)21-15-10-5-9(18)2-3-13(10)19-7-20-15/h2-7H,18H2,1H3,(H,19,20,21). The number of halogens is 2. The molecule has 0 unspecified atom stereocenters. The van der Waals surface area contributed by atoms with E-state index in [0.29, 0.717) is 21.7 Å². The fourth-order valence-corrected chi connectivity index (χ4v) is 2.54. The van der Waals surface area contributed by atoms with Crippen LogP contribution in [-0.2, 0) is 0 Å². The number of anilines is 3. The van der Waals surface area contributed by atoms with Gasteiger partial charge in [0.2, 0.25) is 0 Å². The number of hydrogen-bond acceptors (Lipinski definition) is 4. The molecule has 2 aromatic carbocycles. The van der Waals surface area contributed by atoms with Crippen LogP contribution in [0.5, 0.6) is 0 Å². The zero-order chi connectivity index (χ0) is 15.0. The molecule has 4 nitrogen and oxygen atoms in total. The summed E-state index contributed by atoms with van der Waals surface area (Å²) in [5.74, 6) is 0.262. The molecule has 3 aromatic rings. The van der Waals surface area contributed by atoms with Gasteiger partial charge in [0, 0.05) is 16.8 Å². The molecule has 0 saturated carbocycles. The first-order valence-electron chi connectivity index (χ1n) is 6.27. The predicted molar refractivity (Wildman–Crippen MR) is 86.1 cm³/mol. The average molecular weight is 347 g/mol. The number of aryl methyl sites for hydroxylation is 1. The normalized spacial score (nSPS) is 10.8. The molecule has 1 aromatic heterocycles. The van der Waals surface area contributed by atoms with E-state index in [1.807, 2.05) is 13.0 Å². The quantitative estimate of drug-likeness (QED) is 0.683. The maximum Gasteiger partial charge on any atom is 0.141 e. The van der Waals surface area contributed by atoms with E-state index in [0.717, 1.165) is 16.5 Å². The fourth-order valence-electron chi connectivity index (χ4n) is 2.08. The Morgan fingerprint density at radius 2 is 2.00 bits per heavy atom. The third kappa shape index (κ3) is 2.67. The summed E-state index contributed by atoms with van der Waals surface area (Å²) < 4.78 is 14.1. The largest absolute Gasteiger partial charge is 0.399 e. The second-order valence-corrected chi connectivity index (χ2v) is 5.56. The van der Waals surface area contributed by atoms with Gasteiger partial charge in [0.15, 0.2) is 0 Å². The summed E-state index contributed by atoms with van der Waals surface area (Å²) >= 11 is 3.17. The molecule has 0 spiro atoms. The lowest BCUT2D eigenvalue weighted by molar-refractivity contribution is 0.621. The minimum Gasteiger partial charge on any atom is -0.399 e. The number of benzene rings is 2. The molecule has 0 aliphatic heterocycles. The second-order valence-electron chi connectivity index (χ2n) is 4.71. The van der Waals surface area contributed by atoms with Crippen molar-refractivity contribution < 1.29 is 4.39 Å². The molecule has 0 fully saturated rings. The van der Waals surface area contributed by atoms with Crippen molar-refractivity contribution in [1.29, 1.82) is 0 Å². The van der Waals surface area contributed by atoms with Crippen LogP contribution < -0.4 is 11.1 Å². The number of hydrogen-bond donors (Lipinski definition) is 2. The molecule has 1 heterocycles. The lowest BCUT2D eigenvalue weighted by Crippen LogP contribution is -1.99. The highest BCUT2D eigenvalue weighted by molar-refractivity contribution is 9.10. The zero-order valence-electron chi connectivity index (χ0n) is 11.2. The van der Waals surface area contributed by atoms with Crippen molar-refractivity contribution in [2.24, 2.45) is 0 Å². The van der Waals surface area contributed by atoms with E-state index < -0.39 is 0 Å². The van der Waals surface area contributed by atoms with Gasteiger partial charge < -0.3 is 11.1 Å². The van der Waals surface area contributed by atoms with Gasteiger partial charge in [-0.1, -0.05) is 0 Å². The lowest BCUT2D eigenvalue weighted by atomic mass is 10.1. The Labute approximate surface area is 129 Å². The highest BCUT2D eigenvalue weighted by Crippen LogP contribution is 2.29. The highest BCUT2D eigenvalue weighted by atomic mass is 79.9. The van der Waals surface area contributed by atoms with Gasteiger partial charge in [-0.05, 0) is 58.7 Å². The number of aromatic nitrogens is 2. The van der Waals surface area contributed by atoms with Gasteiger partial charge in [-0.25, -0.2) is 14.4 Å². The van der Waals surface area contributed by atoms with E-state index in [2.05, 4.69) is 31.2 Å². The molecular weight excluding hydrogens is 335 g/mol. The topological polar surface area (TPSA) is 63.8 Å². The molecule has 6 heteroatoms. The second kappa shape index (κ2) is 5.29. The molecule has 0 radical (unpaired) electrons. The maximum atomic E-state index is 13.7. The van der Waals surface area contributed by atoms with Crippen LogP contribution in [0.25, 0.3) is 10.9 Å². The van der Waals surface area contributed by atoms with Crippen LogP contribution in [0, 0.1) is 12.7 Å². The molecule has 0 saturated heterocycles. The smallest absolute Gasteiger partial charge is 0.141 e. The molecule has 0 amide bonds. The van der Waals surface area contributed by atoms with E-state index >= 15 is 0 Å². The van der Waals surface area contributed by atoms with Crippen LogP contribution in [0.1, 0.15) is 5.56 Å². The van der Waals surface area contributed by atoms with Gasteiger partial charge >= 0.3 is 0 Å². The van der Waals surface area contributed by atoms with Gasteiger partial charge in [-0.15, -0.1) is 0 Å². The average Bonchev–Trinajstić information content (AvgIpc) is 2.45. The third-order valence-corrected chi connectivity index (χ3v) is 3.79. The summed E-state index contributed by atoms with van der Waals surface area (Å²) in [4.78, 5) is 8.41. The lowest BCUT2D eigenvalue weighted by Gasteiger charge is -2.12. The minimum absolute atomic E-state index is 0.332. The molecule has 21 heavy (non-hydrogen) atoms. The van der Waals surface area contributed by atoms with E-state index in [1.54, 1.807) is 18.2 Å². The molecule has 0 bridgehead atoms. The molecule has 0 atom stereocenters. The molecular formula is C15H12BrFN4. The number of nitrogens with zero attached hydrogens (tertiary/aromatic N) is 2. The first kappa shape index (κ1) is 13.8. The number of rotatable bonds is 2. The Hall–Kier alpha value is -2.21. The van der Waals surface area contributed by atoms with Gasteiger partial charge in [0.05, 0.1) is 9.99 Å². The van der Waals surface area contributed by atoms with Gasteiger partial charge in [-0.3, -0.25) is 0 Å². The first-order valence-corrected chi connectivity index (χ1v) is 7.07. The number of fused-ring (bicyclic) bond motifs is 1. The van der Waals surface area contributed by atoms with E-state index in [1.165, 1.54) is 12.4 Å². The van der Waals surface area contributed by atoms with Crippen LogP contribution >= 0.6 is 15.9 Å². The summed E-state index contributed by atoms with van der Waals surface area (Å²) in [5, 5.41) is 3.93. The van der Waals surface area contributed by atoms with Crippen molar-refractivity contribution in [3.63, 3.8) is 0 Å². The van der Waals surface area contributed by atoms with E-state index in [-0.39, 0.29) is 5.82 Å². The Bertz CT molecular complexity index is 835. The summed E-state index contributed by atoms with van der Waals surface area (Å²) in [6, 6.07) is 8.55. The number of nitrogen functional groups attached to an aromatic ring is 1. The first-order chi connectivity index (χ1) is 10.0. The summed E-state index contributed by atoms with van der Waals surface area (Å²) in [6.45, 7) is 1.89. The zero-order valence-corrected chi connectivity index (χ0v) is 12.8. The minimum atomic E-state index is -0.332. The Balaban J connectivity index is 2.10. The SMILES string of the molecule is Cc1cc(Br)c(F)cc1Nc1ncnc2ccc(N)cc12. The van der Waals surface area contributed by atoms with Crippen molar-refractivity contribution in [3.8, 4) is 0 Å². The van der Waals surface area contributed by atoms with E-state index in [9.17, 15) is 4.39 Å².